The van der Waals surface area contributed by atoms with Crippen molar-refractivity contribution in [3.8, 4) is 0 Å². The Labute approximate surface area is 74.0 Å². The molecule has 0 aliphatic heterocycles. The molecule has 0 radical (unpaired) electrons. The highest BCUT2D eigenvalue weighted by Gasteiger charge is 2.25. The van der Waals surface area contributed by atoms with Gasteiger partial charge in [-0.05, 0) is 33.1 Å². The maximum Gasteiger partial charge on any atom is 0.115 e. The summed E-state index contributed by atoms with van der Waals surface area (Å²) in [5.74, 6) is 0. The number of nitrogens with one attached hydrogen (secondary N) is 1. The summed E-state index contributed by atoms with van der Waals surface area (Å²) in [5.41, 5.74) is 1.29. The van der Waals surface area contributed by atoms with Crippen molar-refractivity contribution in [2.24, 2.45) is 0 Å². The number of allylic oxidation sites excluding steroid dienone is 1. The Morgan fingerprint density at radius 2 is 2.25 bits per heavy atom. The van der Waals surface area contributed by atoms with Crippen LogP contribution in [0.4, 0.5) is 4.39 Å². The lowest BCUT2D eigenvalue weighted by molar-refractivity contribution is 0.285. The normalized spacial score (nSPS) is 28.9. The van der Waals surface area contributed by atoms with E-state index in [0.29, 0.717) is 0 Å². The molecular formula is C10H18FN. The summed E-state index contributed by atoms with van der Waals surface area (Å²) in [4.78, 5) is 0. The predicted octanol–water partition coefficient (Wildman–Crippen LogP) is 2.43. The summed E-state index contributed by atoms with van der Waals surface area (Å²) in [6, 6.07) is 0.112. The lowest BCUT2D eigenvalue weighted by atomic mass is 10.2. The molecule has 1 N–H and O–H groups in total. The lowest BCUT2D eigenvalue weighted by Gasteiger charge is -2.12. The maximum atomic E-state index is 13.0. The Morgan fingerprint density at radius 3 is 2.75 bits per heavy atom. The van der Waals surface area contributed by atoms with Gasteiger partial charge in [0.25, 0.3) is 0 Å². The molecule has 0 aromatic carbocycles. The third kappa shape index (κ3) is 2.94. The van der Waals surface area contributed by atoms with Crippen LogP contribution >= 0.6 is 0 Å². The summed E-state index contributed by atoms with van der Waals surface area (Å²) >= 11 is 0. The molecule has 70 valence electrons. The lowest BCUT2D eigenvalue weighted by Crippen LogP contribution is -2.33. The molecule has 2 atom stereocenters. The standard InChI is InChI=1S/C10H18FN/c1-8(2)6-7-12-10-5-3-4-9(10)11/h6,9-10,12H,3-5,7H2,1-2H3/t9-,10+/m1/s1. The fraction of sp³-hybridized carbons (Fsp3) is 0.800. The first-order chi connectivity index (χ1) is 5.70. The van der Waals surface area contributed by atoms with Crippen LogP contribution in [-0.2, 0) is 0 Å². The van der Waals surface area contributed by atoms with Crippen LogP contribution in [0.25, 0.3) is 0 Å². The Balaban J connectivity index is 2.18. The molecule has 0 unspecified atom stereocenters. The van der Waals surface area contributed by atoms with Gasteiger partial charge in [0, 0.05) is 12.6 Å². The summed E-state index contributed by atoms with van der Waals surface area (Å²) in [7, 11) is 0. The fourth-order valence-corrected chi connectivity index (χ4v) is 1.56. The van der Waals surface area contributed by atoms with Gasteiger partial charge in [-0.2, -0.15) is 0 Å². The monoisotopic (exact) mass is 171 g/mol. The molecular weight excluding hydrogens is 153 g/mol. The molecule has 0 aromatic heterocycles. The van der Waals surface area contributed by atoms with Crippen molar-refractivity contribution in [1.29, 1.82) is 0 Å². The van der Waals surface area contributed by atoms with E-state index < -0.39 is 6.17 Å². The molecule has 1 fully saturated rings. The van der Waals surface area contributed by atoms with Crippen LogP contribution < -0.4 is 5.32 Å². The van der Waals surface area contributed by atoms with E-state index in [1.165, 1.54) is 5.57 Å². The molecule has 0 spiro atoms. The molecule has 0 aromatic rings. The van der Waals surface area contributed by atoms with Crippen molar-refractivity contribution in [2.75, 3.05) is 6.54 Å². The quantitative estimate of drug-likeness (QED) is 0.643. The van der Waals surface area contributed by atoms with Crippen molar-refractivity contribution in [3.05, 3.63) is 11.6 Å². The van der Waals surface area contributed by atoms with Crippen LogP contribution in [0.5, 0.6) is 0 Å². The second-order valence-corrected chi connectivity index (χ2v) is 3.74. The fourth-order valence-electron chi connectivity index (χ4n) is 1.56. The SMILES string of the molecule is CC(C)=CCN[C@H]1CCC[C@H]1F. The largest absolute Gasteiger partial charge is 0.308 e. The van der Waals surface area contributed by atoms with E-state index >= 15 is 0 Å². The van der Waals surface area contributed by atoms with E-state index in [1.54, 1.807) is 0 Å². The Kier molecular flexibility index (Phi) is 3.73. The van der Waals surface area contributed by atoms with Crippen molar-refractivity contribution < 1.29 is 4.39 Å². The van der Waals surface area contributed by atoms with E-state index in [1.807, 2.05) is 0 Å². The van der Waals surface area contributed by atoms with Crippen LogP contribution in [-0.4, -0.2) is 18.8 Å². The number of rotatable bonds is 3. The molecule has 0 saturated heterocycles. The van der Waals surface area contributed by atoms with Crippen LogP contribution in [0.2, 0.25) is 0 Å². The molecule has 0 amide bonds. The van der Waals surface area contributed by atoms with Crippen LogP contribution in [0.1, 0.15) is 33.1 Å². The zero-order valence-corrected chi connectivity index (χ0v) is 7.94. The van der Waals surface area contributed by atoms with Crippen LogP contribution in [0.15, 0.2) is 11.6 Å². The molecule has 0 bridgehead atoms. The van der Waals surface area contributed by atoms with E-state index in [9.17, 15) is 4.39 Å². The third-order valence-corrected chi connectivity index (χ3v) is 2.32. The van der Waals surface area contributed by atoms with Crippen molar-refractivity contribution in [3.63, 3.8) is 0 Å². The average Bonchev–Trinajstić information content (AvgIpc) is 2.36. The number of halogens is 1. The Bertz CT molecular complexity index is 161. The van der Waals surface area contributed by atoms with Gasteiger partial charge >= 0.3 is 0 Å². The maximum absolute atomic E-state index is 13.0. The van der Waals surface area contributed by atoms with Crippen molar-refractivity contribution >= 4 is 0 Å². The molecule has 0 heterocycles. The van der Waals surface area contributed by atoms with E-state index in [2.05, 4.69) is 25.2 Å². The molecule has 1 saturated carbocycles. The zero-order chi connectivity index (χ0) is 8.97. The van der Waals surface area contributed by atoms with Gasteiger partial charge in [-0.3, -0.25) is 0 Å². The molecule has 1 nitrogen and oxygen atoms in total. The molecule has 2 heteroatoms. The third-order valence-electron chi connectivity index (χ3n) is 2.32. The number of hydrogen-bond donors (Lipinski definition) is 1. The second kappa shape index (κ2) is 4.61. The smallest absolute Gasteiger partial charge is 0.115 e. The van der Waals surface area contributed by atoms with Gasteiger partial charge in [0.1, 0.15) is 6.17 Å². The van der Waals surface area contributed by atoms with Gasteiger partial charge in [0.2, 0.25) is 0 Å². The molecule has 12 heavy (non-hydrogen) atoms. The highest BCUT2D eigenvalue weighted by atomic mass is 19.1. The summed E-state index contributed by atoms with van der Waals surface area (Å²) in [6.45, 7) is 4.93. The van der Waals surface area contributed by atoms with E-state index in [0.717, 1.165) is 25.8 Å². The predicted molar refractivity (Wildman–Crippen MR) is 50.0 cm³/mol. The van der Waals surface area contributed by atoms with Crippen molar-refractivity contribution in [1.82, 2.24) is 5.32 Å². The van der Waals surface area contributed by atoms with Gasteiger partial charge in [0.15, 0.2) is 0 Å². The molecule has 1 aliphatic carbocycles. The zero-order valence-electron chi connectivity index (χ0n) is 7.94. The minimum Gasteiger partial charge on any atom is -0.308 e. The van der Waals surface area contributed by atoms with Gasteiger partial charge in [-0.25, -0.2) is 4.39 Å². The van der Waals surface area contributed by atoms with Gasteiger partial charge in [-0.1, -0.05) is 11.6 Å². The van der Waals surface area contributed by atoms with Gasteiger partial charge in [-0.15, -0.1) is 0 Å². The van der Waals surface area contributed by atoms with Gasteiger partial charge in [0.05, 0.1) is 0 Å². The minimum atomic E-state index is -0.615. The highest BCUT2D eigenvalue weighted by molar-refractivity contribution is 4.96. The summed E-state index contributed by atoms with van der Waals surface area (Å²) < 4.78 is 13.0. The molecule has 1 aliphatic rings. The topological polar surface area (TPSA) is 12.0 Å². The highest BCUT2D eigenvalue weighted by Crippen LogP contribution is 2.21. The first-order valence-electron chi connectivity index (χ1n) is 4.71. The van der Waals surface area contributed by atoms with Crippen LogP contribution in [0.3, 0.4) is 0 Å². The van der Waals surface area contributed by atoms with Crippen molar-refractivity contribution in [2.45, 2.75) is 45.3 Å². The summed E-state index contributed by atoms with van der Waals surface area (Å²) in [6.07, 6.45) is 4.26. The number of alkyl halides is 1. The number of hydrogen-bond acceptors (Lipinski definition) is 1. The van der Waals surface area contributed by atoms with E-state index in [-0.39, 0.29) is 6.04 Å². The average molecular weight is 171 g/mol. The van der Waals surface area contributed by atoms with E-state index in [4.69, 9.17) is 0 Å². The van der Waals surface area contributed by atoms with Gasteiger partial charge < -0.3 is 5.32 Å². The minimum absolute atomic E-state index is 0.112. The van der Waals surface area contributed by atoms with Crippen LogP contribution in [0, 0.1) is 0 Å². The Morgan fingerprint density at radius 1 is 1.50 bits per heavy atom. The first-order valence-corrected chi connectivity index (χ1v) is 4.71. The molecule has 1 rings (SSSR count). The first kappa shape index (κ1) is 9.72. The second-order valence-electron chi connectivity index (χ2n) is 3.74. The Hall–Kier alpha value is -0.370. The summed E-state index contributed by atoms with van der Waals surface area (Å²) in [5, 5.41) is 3.21.